The van der Waals surface area contributed by atoms with Crippen molar-refractivity contribution >= 4 is 45.3 Å². The van der Waals surface area contributed by atoms with Gasteiger partial charge in [-0.3, -0.25) is 4.79 Å². The van der Waals surface area contributed by atoms with E-state index in [1.165, 1.54) is 19.2 Å². The van der Waals surface area contributed by atoms with Gasteiger partial charge in [0.05, 0.1) is 11.4 Å². The molecule has 2 fully saturated rings. The number of aromatic nitrogens is 4. The Kier molecular flexibility index (Phi) is 5.00. The summed E-state index contributed by atoms with van der Waals surface area (Å²) >= 11 is 2.17. The summed E-state index contributed by atoms with van der Waals surface area (Å²) < 4.78 is 2.73. The monoisotopic (exact) mass is 469 g/mol. The third-order valence-electron chi connectivity index (χ3n) is 5.41. The first-order valence-electron chi connectivity index (χ1n) is 9.17. The first-order chi connectivity index (χ1) is 12.5. The van der Waals surface area contributed by atoms with E-state index in [2.05, 4.69) is 49.6 Å². The molecule has 0 radical (unpaired) electrons. The molecule has 0 aromatic carbocycles. The zero-order valence-corrected chi connectivity index (χ0v) is 17.1. The molecule has 26 heavy (non-hydrogen) atoms. The van der Waals surface area contributed by atoms with E-state index in [1.54, 1.807) is 0 Å². The van der Waals surface area contributed by atoms with E-state index in [0.29, 0.717) is 18.8 Å². The van der Waals surface area contributed by atoms with Crippen molar-refractivity contribution in [1.82, 2.24) is 29.5 Å². The Balaban J connectivity index is 1.37. The molecule has 2 N–H and O–H groups in total. The van der Waals surface area contributed by atoms with Gasteiger partial charge in [-0.15, -0.1) is 0 Å². The summed E-state index contributed by atoms with van der Waals surface area (Å²) in [5.74, 6) is 0.702. The van der Waals surface area contributed by atoms with Gasteiger partial charge in [0.2, 0.25) is 5.91 Å². The predicted molar refractivity (Wildman–Crippen MR) is 108 cm³/mol. The number of carbonyl (C=O) groups excluding carboxylic acids is 1. The summed E-state index contributed by atoms with van der Waals surface area (Å²) in [6.45, 7) is 2.47. The number of halogens is 1. The highest BCUT2D eigenvalue weighted by Gasteiger charge is 2.30. The maximum Gasteiger partial charge on any atom is 0.222 e. The lowest BCUT2D eigenvalue weighted by Crippen LogP contribution is -2.30. The Morgan fingerprint density at radius 3 is 2.96 bits per heavy atom. The summed E-state index contributed by atoms with van der Waals surface area (Å²) in [4.78, 5) is 25.3. The van der Waals surface area contributed by atoms with E-state index in [9.17, 15) is 4.79 Å². The molecule has 1 saturated heterocycles. The summed E-state index contributed by atoms with van der Waals surface area (Å²) in [6, 6.07) is 0.902. The van der Waals surface area contributed by atoms with Gasteiger partial charge in [-0.1, -0.05) is 0 Å². The Morgan fingerprint density at radius 1 is 1.38 bits per heavy atom. The van der Waals surface area contributed by atoms with Crippen LogP contribution in [0, 0.1) is 3.70 Å². The van der Waals surface area contributed by atoms with E-state index in [-0.39, 0.29) is 11.9 Å². The van der Waals surface area contributed by atoms with Gasteiger partial charge in [-0.25, -0.2) is 14.6 Å². The lowest BCUT2D eigenvalue weighted by molar-refractivity contribution is -0.130. The van der Waals surface area contributed by atoms with Crippen molar-refractivity contribution < 1.29 is 4.79 Å². The summed E-state index contributed by atoms with van der Waals surface area (Å²) in [5, 5.41) is 5.42. The number of rotatable bonds is 6. The first-order valence-corrected chi connectivity index (χ1v) is 10.2. The van der Waals surface area contributed by atoms with E-state index in [4.69, 9.17) is 5.73 Å². The van der Waals surface area contributed by atoms with Gasteiger partial charge in [-0.2, -0.15) is 5.10 Å². The second kappa shape index (κ2) is 7.26. The van der Waals surface area contributed by atoms with Crippen LogP contribution < -0.4 is 5.73 Å². The highest BCUT2D eigenvalue weighted by Crippen LogP contribution is 2.29. The van der Waals surface area contributed by atoms with Crippen molar-refractivity contribution in [2.45, 2.75) is 44.2 Å². The normalized spacial score (nSPS) is 20.4. The summed E-state index contributed by atoms with van der Waals surface area (Å²) in [5.41, 5.74) is 6.73. The molecule has 0 bridgehead atoms. The lowest BCUT2D eigenvalue weighted by Gasteiger charge is -2.19. The Labute approximate surface area is 166 Å². The minimum absolute atomic E-state index is 0.147. The minimum Gasteiger partial charge on any atom is -0.383 e. The molecule has 4 rings (SSSR count). The van der Waals surface area contributed by atoms with Crippen LogP contribution in [0.1, 0.15) is 38.1 Å². The molecule has 2 aliphatic rings. The van der Waals surface area contributed by atoms with E-state index in [1.807, 2.05) is 9.58 Å². The Bertz CT molecular complexity index is 819. The number of carbonyl (C=O) groups is 1. The van der Waals surface area contributed by atoms with Crippen molar-refractivity contribution in [3.8, 4) is 0 Å². The average molecular weight is 469 g/mol. The van der Waals surface area contributed by atoms with Crippen molar-refractivity contribution in [2.75, 3.05) is 32.4 Å². The van der Waals surface area contributed by atoms with Crippen LogP contribution in [0.4, 0.5) is 5.82 Å². The van der Waals surface area contributed by atoms with Gasteiger partial charge in [0, 0.05) is 25.6 Å². The molecule has 3 heterocycles. The van der Waals surface area contributed by atoms with Crippen LogP contribution >= 0.6 is 22.6 Å². The largest absolute Gasteiger partial charge is 0.383 e. The third-order valence-corrected chi connectivity index (χ3v) is 6.16. The fourth-order valence-electron chi connectivity index (χ4n) is 3.71. The SMILES string of the molecule is CN(CCCC(=O)N1CC[C@@H](n2nc(I)c3c(N)ncnc32)C1)C1CC1. The molecular weight excluding hydrogens is 445 g/mol. The maximum atomic E-state index is 12.5. The number of likely N-dealkylation sites (tertiary alicyclic amines) is 1. The predicted octanol–water partition coefficient (Wildman–Crippen LogP) is 1.66. The molecule has 2 aromatic heterocycles. The number of nitrogens with two attached hydrogens (primary N) is 1. The molecule has 1 aliphatic heterocycles. The zero-order valence-electron chi connectivity index (χ0n) is 14.9. The van der Waals surface area contributed by atoms with Crippen LogP contribution in [0.25, 0.3) is 11.0 Å². The van der Waals surface area contributed by atoms with Crippen LogP contribution in [0.5, 0.6) is 0 Å². The first kappa shape index (κ1) is 17.9. The highest BCUT2D eigenvalue weighted by molar-refractivity contribution is 14.1. The number of nitrogens with zero attached hydrogens (tertiary/aromatic N) is 6. The number of hydrogen-bond donors (Lipinski definition) is 1. The smallest absolute Gasteiger partial charge is 0.222 e. The number of anilines is 1. The molecule has 0 unspecified atom stereocenters. The number of fused-ring (bicyclic) bond motifs is 1. The second-order valence-corrected chi connectivity index (χ2v) is 8.31. The molecule has 1 atom stereocenters. The number of amides is 1. The fourth-order valence-corrected chi connectivity index (χ4v) is 4.46. The quantitative estimate of drug-likeness (QED) is 0.648. The second-order valence-electron chi connectivity index (χ2n) is 7.29. The molecule has 1 aliphatic carbocycles. The molecule has 9 heteroatoms. The van der Waals surface area contributed by atoms with Crippen molar-refractivity contribution in [3.63, 3.8) is 0 Å². The number of nitrogen functional groups attached to an aromatic ring is 1. The van der Waals surface area contributed by atoms with Crippen molar-refractivity contribution in [1.29, 1.82) is 0 Å². The van der Waals surface area contributed by atoms with Crippen molar-refractivity contribution in [2.24, 2.45) is 0 Å². The fraction of sp³-hybridized carbons (Fsp3) is 0.647. The molecule has 2 aromatic rings. The van der Waals surface area contributed by atoms with Gasteiger partial charge in [0.25, 0.3) is 0 Å². The zero-order chi connectivity index (χ0) is 18.3. The van der Waals surface area contributed by atoms with Crippen LogP contribution in [0.2, 0.25) is 0 Å². The Hall–Kier alpha value is -1.49. The molecule has 8 nitrogen and oxygen atoms in total. The van der Waals surface area contributed by atoms with Crippen LogP contribution in [0.15, 0.2) is 6.33 Å². The van der Waals surface area contributed by atoms with Crippen LogP contribution in [-0.4, -0.2) is 68.2 Å². The molecule has 1 amide bonds. The van der Waals surface area contributed by atoms with Gasteiger partial charge in [0.15, 0.2) is 5.65 Å². The molecule has 140 valence electrons. The summed E-state index contributed by atoms with van der Waals surface area (Å²) in [7, 11) is 2.16. The maximum absolute atomic E-state index is 12.5. The van der Waals surface area contributed by atoms with Gasteiger partial charge in [0.1, 0.15) is 15.8 Å². The van der Waals surface area contributed by atoms with Crippen LogP contribution in [0.3, 0.4) is 0 Å². The summed E-state index contributed by atoms with van der Waals surface area (Å²) in [6.07, 6.45) is 6.53. The lowest BCUT2D eigenvalue weighted by atomic mass is 10.2. The van der Waals surface area contributed by atoms with E-state index >= 15 is 0 Å². The highest BCUT2D eigenvalue weighted by atomic mass is 127. The topological polar surface area (TPSA) is 93.2 Å². The molecule has 1 saturated carbocycles. The van der Waals surface area contributed by atoms with Crippen LogP contribution in [-0.2, 0) is 4.79 Å². The standard InChI is InChI=1S/C17H24IN7O/c1-23(11-4-5-11)7-2-3-13(26)24-8-6-12(9-24)25-17-14(15(18)22-25)16(19)20-10-21-17/h10-12H,2-9H2,1H3,(H2,19,20,21)/t12-/m1/s1. The minimum atomic E-state index is 0.147. The van der Waals surface area contributed by atoms with Gasteiger partial charge in [-0.05, 0) is 61.9 Å². The number of hydrogen-bond acceptors (Lipinski definition) is 6. The van der Waals surface area contributed by atoms with Gasteiger partial charge >= 0.3 is 0 Å². The van der Waals surface area contributed by atoms with Crippen molar-refractivity contribution in [3.05, 3.63) is 10.0 Å². The molecule has 0 spiro atoms. The third kappa shape index (κ3) is 3.51. The molecular formula is C17H24IN7O. The van der Waals surface area contributed by atoms with E-state index < -0.39 is 0 Å². The van der Waals surface area contributed by atoms with Gasteiger partial charge < -0.3 is 15.5 Å². The Morgan fingerprint density at radius 2 is 2.19 bits per heavy atom. The van der Waals surface area contributed by atoms with E-state index in [0.717, 1.165) is 46.7 Å². The average Bonchev–Trinajstić information content (AvgIpc) is 3.26.